The number of allylic oxidation sites excluding steroid dienone is 1. The quantitative estimate of drug-likeness (QED) is 0.415. The number of nitriles is 1. The fraction of sp³-hybridized carbons (Fsp3) is 0.217. The van der Waals surface area contributed by atoms with Crippen LogP contribution >= 0.6 is 27.7 Å². The molecular formula is C23H20BrN3O5S. The van der Waals surface area contributed by atoms with Crippen LogP contribution in [0.25, 0.3) is 0 Å². The van der Waals surface area contributed by atoms with E-state index in [1.165, 1.54) is 14.2 Å². The summed E-state index contributed by atoms with van der Waals surface area (Å²) in [6.07, 6.45) is 0. The molecule has 0 radical (unpaired) electrons. The second-order valence-corrected chi connectivity index (χ2v) is 8.81. The van der Waals surface area contributed by atoms with Crippen molar-refractivity contribution in [1.82, 2.24) is 5.32 Å². The van der Waals surface area contributed by atoms with E-state index >= 15 is 0 Å². The van der Waals surface area contributed by atoms with Crippen LogP contribution in [0.15, 0.2) is 63.6 Å². The van der Waals surface area contributed by atoms with E-state index in [2.05, 4.69) is 32.6 Å². The average Bonchev–Trinajstić information content (AvgIpc) is 2.83. The highest BCUT2D eigenvalue weighted by Gasteiger charge is 2.45. The molecule has 2 aromatic rings. The molecule has 0 saturated heterocycles. The number of halogens is 1. The van der Waals surface area contributed by atoms with Crippen LogP contribution in [-0.2, 0) is 19.1 Å². The molecule has 2 atom stereocenters. The number of anilines is 1. The first-order valence-electron chi connectivity index (χ1n) is 9.73. The lowest BCUT2D eigenvalue weighted by molar-refractivity contribution is -0.150. The first kappa shape index (κ1) is 24.4. The largest absolute Gasteiger partial charge is 0.496 e. The van der Waals surface area contributed by atoms with Crippen LogP contribution in [0.1, 0.15) is 11.5 Å². The van der Waals surface area contributed by atoms with Crippen molar-refractivity contribution in [2.24, 2.45) is 5.92 Å². The number of nitrogens with one attached hydrogen (secondary N) is 2. The summed E-state index contributed by atoms with van der Waals surface area (Å²) >= 11 is 4.34. The van der Waals surface area contributed by atoms with Crippen molar-refractivity contribution in [3.63, 3.8) is 0 Å². The van der Waals surface area contributed by atoms with Gasteiger partial charge < -0.3 is 20.1 Å². The number of amides is 2. The van der Waals surface area contributed by atoms with Crippen molar-refractivity contribution in [1.29, 1.82) is 5.26 Å². The number of hydrogen-bond donors (Lipinski definition) is 2. The number of rotatable bonds is 7. The normalized spacial score (nSPS) is 17.6. The Hall–Kier alpha value is -3.29. The molecular weight excluding hydrogens is 510 g/mol. The van der Waals surface area contributed by atoms with Gasteiger partial charge in [0, 0.05) is 21.6 Å². The van der Waals surface area contributed by atoms with Gasteiger partial charge in [0.1, 0.15) is 11.7 Å². The predicted molar refractivity (Wildman–Crippen MR) is 127 cm³/mol. The smallest absolute Gasteiger partial charge is 0.319 e. The molecule has 2 N–H and O–H groups in total. The Labute approximate surface area is 203 Å². The summed E-state index contributed by atoms with van der Waals surface area (Å²) in [6, 6.07) is 16.0. The molecule has 0 fully saturated rings. The van der Waals surface area contributed by atoms with Gasteiger partial charge in [-0.15, -0.1) is 0 Å². The van der Waals surface area contributed by atoms with Crippen LogP contribution in [0.2, 0.25) is 0 Å². The van der Waals surface area contributed by atoms with Gasteiger partial charge in [0.05, 0.1) is 36.6 Å². The van der Waals surface area contributed by atoms with Gasteiger partial charge in [-0.3, -0.25) is 14.4 Å². The summed E-state index contributed by atoms with van der Waals surface area (Å²) in [5.41, 5.74) is 1.26. The summed E-state index contributed by atoms with van der Waals surface area (Å²) < 4.78 is 11.1. The maximum absolute atomic E-state index is 12.9. The molecule has 0 bridgehead atoms. The number of thioether (sulfide) groups is 1. The minimum Gasteiger partial charge on any atom is -0.496 e. The van der Waals surface area contributed by atoms with Crippen LogP contribution in [0, 0.1) is 17.2 Å². The molecule has 1 heterocycles. The minimum atomic E-state index is -1.28. The van der Waals surface area contributed by atoms with Gasteiger partial charge in [0.2, 0.25) is 11.8 Å². The van der Waals surface area contributed by atoms with Crippen LogP contribution in [-0.4, -0.2) is 37.8 Å². The molecule has 33 heavy (non-hydrogen) atoms. The Bertz CT molecular complexity index is 1140. The third-order valence-electron chi connectivity index (χ3n) is 4.93. The van der Waals surface area contributed by atoms with Gasteiger partial charge in [-0.2, -0.15) is 5.26 Å². The predicted octanol–water partition coefficient (Wildman–Crippen LogP) is 3.57. The van der Waals surface area contributed by atoms with Gasteiger partial charge >= 0.3 is 5.97 Å². The zero-order valence-corrected chi connectivity index (χ0v) is 20.2. The van der Waals surface area contributed by atoms with Gasteiger partial charge in [-0.25, -0.2) is 0 Å². The van der Waals surface area contributed by atoms with Gasteiger partial charge in [-0.05, 0) is 30.3 Å². The molecule has 170 valence electrons. The Morgan fingerprint density at radius 3 is 2.52 bits per heavy atom. The number of benzene rings is 2. The van der Waals surface area contributed by atoms with E-state index in [-0.39, 0.29) is 22.3 Å². The molecule has 10 heteroatoms. The molecule has 0 aromatic heterocycles. The number of para-hydroxylation sites is 1. The van der Waals surface area contributed by atoms with E-state index in [9.17, 15) is 19.6 Å². The van der Waals surface area contributed by atoms with E-state index in [0.717, 1.165) is 16.2 Å². The third-order valence-corrected chi connectivity index (χ3v) is 6.48. The first-order chi connectivity index (χ1) is 15.9. The van der Waals surface area contributed by atoms with Crippen molar-refractivity contribution in [2.45, 2.75) is 5.92 Å². The van der Waals surface area contributed by atoms with Crippen LogP contribution in [0.5, 0.6) is 5.75 Å². The summed E-state index contributed by atoms with van der Waals surface area (Å²) in [5.74, 6) is -3.54. The molecule has 0 unspecified atom stereocenters. The Kier molecular flexibility index (Phi) is 8.14. The number of carbonyl (C=O) groups excluding carboxylic acids is 3. The lowest BCUT2D eigenvalue weighted by Gasteiger charge is -2.31. The van der Waals surface area contributed by atoms with Crippen LogP contribution in [0.3, 0.4) is 0 Å². The minimum absolute atomic E-state index is 0.0572. The molecule has 1 aliphatic rings. The summed E-state index contributed by atoms with van der Waals surface area (Å²) in [4.78, 5) is 37.8. The molecule has 0 aliphatic carbocycles. The fourth-order valence-corrected chi connectivity index (χ4v) is 4.56. The zero-order chi connectivity index (χ0) is 24.0. The van der Waals surface area contributed by atoms with Gasteiger partial charge in [0.15, 0.2) is 0 Å². The van der Waals surface area contributed by atoms with Crippen LogP contribution in [0.4, 0.5) is 5.69 Å². The summed E-state index contributed by atoms with van der Waals surface area (Å²) in [5, 5.41) is 15.5. The third kappa shape index (κ3) is 5.56. The highest BCUT2D eigenvalue weighted by molar-refractivity contribution is 9.10. The van der Waals surface area contributed by atoms with Crippen molar-refractivity contribution < 1.29 is 23.9 Å². The number of carbonyl (C=O) groups is 3. The van der Waals surface area contributed by atoms with E-state index < -0.39 is 23.7 Å². The second-order valence-electron chi connectivity index (χ2n) is 6.91. The van der Waals surface area contributed by atoms with Crippen LogP contribution < -0.4 is 15.4 Å². The molecule has 3 rings (SSSR count). The van der Waals surface area contributed by atoms with Crippen molar-refractivity contribution >= 4 is 51.2 Å². The van der Waals surface area contributed by atoms with Gasteiger partial charge in [0.25, 0.3) is 0 Å². The molecule has 8 nitrogen and oxygen atoms in total. The van der Waals surface area contributed by atoms with E-state index in [1.807, 2.05) is 0 Å². The van der Waals surface area contributed by atoms with Crippen molar-refractivity contribution in [3.8, 4) is 11.8 Å². The highest BCUT2D eigenvalue weighted by atomic mass is 79.9. The molecule has 2 amide bonds. The Morgan fingerprint density at radius 1 is 1.18 bits per heavy atom. The Morgan fingerprint density at radius 2 is 1.88 bits per heavy atom. The number of nitrogens with zero attached hydrogens (tertiary/aromatic N) is 1. The highest BCUT2D eigenvalue weighted by Crippen LogP contribution is 2.43. The average molecular weight is 530 g/mol. The number of ether oxygens (including phenoxy) is 2. The summed E-state index contributed by atoms with van der Waals surface area (Å²) in [6.45, 7) is 0. The lowest BCUT2D eigenvalue weighted by Crippen LogP contribution is -2.44. The molecule has 2 aromatic carbocycles. The monoisotopic (exact) mass is 529 g/mol. The molecule has 0 spiro atoms. The lowest BCUT2D eigenvalue weighted by atomic mass is 9.78. The number of methoxy groups -OCH3 is 2. The first-order valence-corrected chi connectivity index (χ1v) is 11.5. The SMILES string of the molecule is COC(=O)[C@H]1C(=O)NC(SCC(=O)Nc2ccc(Br)cc2)=C(C#N)[C@H]1c1ccccc1OC. The maximum atomic E-state index is 12.9. The van der Waals surface area contributed by atoms with Crippen molar-refractivity contribution in [3.05, 3.63) is 69.2 Å². The van der Waals surface area contributed by atoms with Gasteiger partial charge in [-0.1, -0.05) is 45.9 Å². The standard InChI is InChI=1S/C23H20BrN3O5S/c1-31-17-6-4-3-5-15(17)19-16(11-25)22(27-21(29)20(19)23(30)32-2)33-12-18(28)26-14-9-7-13(24)8-10-14/h3-10,19-20H,12H2,1-2H3,(H,26,28)(H,27,29)/t19-,20-/m1/s1. The Balaban J connectivity index is 1.92. The molecule has 1 aliphatic heterocycles. The van der Waals surface area contributed by atoms with Crippen molar-refractivity contribution in [2.75, 3.05) is 25.3 Å². The maximum Gasteiger partial charge on any atom is 0.319 e. The fourth-order valence-electron chi connectivity index (χ4n) is 3.45. The van der Waals surface area contributed by atoms with E-state index in [1.54, 1.807) is 48.5 Å². The summed E-state index contributed by atoms with van der Waals surface area (Å²) in [7, 11) is 2.65. The number of hydrogen-bond acceptors (Lipinski definition) is 7. The topological polar surface area (TPSA) is 118 Å². The van der Waals surface area contributed by atoms with E-state index in [4.69, 9.17) is 9.47 Å². The van der Waals surface area contributed by atoms with E-state index in [0.29, 0.717) is 17.0 Å². The number of esters is 1. The second kappa shape index (κ2) is 11.0. The molecule has 0 saturated carbocycles. The zero-order valence-electron chi connectivity index (χ0n) is 17.8.